The maximum absolute atomic E-state index is 10.7. The van der Waals surface area contributed by atoms with Gasteiger partial charge in [0.05, 0.1) is 6.34 Å². The van der Waals surface area contributed by atoms with E-state index in [0.29, 0.717) is 6.29 Å². The van der Waals surface area contributed by atoms with Crippen LogP contribution in [0.1, 0.15) is 19.8 Å². The third-order valence-electron chi connectivity index (χ3n) is 1.67. The zero-order valence-electron chi connectivity index (χ0n) is 8.75. The molecule has 5 heteroatoms. The topological polar surface area (TPSA) is 96.0 Å². The molecule has 1 unspecified atom stereocenters. The second kappa shape index (κ2) is 11.8. The van der Waals surface area contributed by atoms with Crippen molar-refractivity contribution < 1.29 is 9.59 Å². The van der Waals surface area contributed by atoms with Crippen LogP contribution < -0.4 is 11.1 Å². The Hall–Kier alpha value is -1.23. The van der Waals surface area contributed by atoms with E-state index in [0.717, 1.165) is 25.7 Å². The standard InChI is InChI=1S/C8H15NO2.CH4N2/c1-7(8(11)6-10)4-3-5-9-2;2-1-3/h6-7,9H,3-5H2,1-2H3;1H,(H3,2,3). The van der Waals surface area contributed by atoms with Gasteiger partial charge in [0.1, 0.15) is 0 Å². The molecule has 4 N–H and O–H groups in total. The largest absolute Gasteiger partial charge is 0.390 e. The predicted octanol–water partition coefficient (Wildman–Crippen LogP) is -0.0577. The van der Waals surface area contributed by atoms with Gasteiger partial charge in [0, 0.05) is 5.92 Å². The molecule has 0 radical (unpaired) electrons. The zero-order chi connectivity index (χ0) is 11.4. The Bertz CT molecular complexity index is 171. The van der Waals surface area contributed by atoms with Gasteiger partial charge in [-0.1, -0.05) is 6.92 Å². The van der Waals surface area contributed by atoms with Gasteiger partial charge < -0.3 is 11.1 Å². The molecule has 0 spiro atoms. The van der Waals surface area contributed by atoms with Crippen molar-refractivity contribution in [2.24, 2.45) is 11.7 Å². The Morgan fingerprint density at radius 1 is 1.64 bits per heavy atom. The molecule has 0 bridgehead atoms. The van der Waals surface area contributed by atoms with Gasteiger partial charge in [-0.2, -0.15) is 0 Å². The first-order chi connectivity index (χ1) is 6.63. The summed E-state index contributed by atoms with van der Waals surface area (Å²) in [7, 11) is 1.87. The molecule has 0 aliphatic carbocycles. The third kappa shape index (κ3) is 10.8. The second-order valence-electron chi connectivity index (χ2n) is 2.83. The van der Waals surface area contributed by atoms with Crippen molar-refractivity contribution in [1.82, 2.24) is 5.32 Å². The monoisotopic (exact) mass is 201 g/mol. The number of nitrogens with two attached hydrogens (primary N) is 1. The van der Waals surface area contributed by atoms with Crippen LogP contribution in [0.2, 0.25) is 0 Å². The van der Waals surface area contributed by atoms with Crippen LogP contribution in [0.4, 0.5) is 0 Å². The number of Topliss-reactive ketones (excluding diaryl/α,β-unsaturated/α-hetero) is 1. The first-order valence-corrected chi connectivity index (χ1v) is 4.48. The van der Waals surface area contributed by atoms with Gasteiger partial charge in [-0.15, -0.1) is 0 Å². The first kappa shape index (κ1) is 15.3. The van der Waals surface area contributed by atoms with E-state index in [1.807, 2.05) is 7.05 Å². The number of nitrogens with one attached hydrogen (secondary N) is 2. The van der Waals surface area contributed by atoms with Crippen LogP contribution in [0.15, 0.2) is 0 Å². The number of hydrogen-bond donors (Lipinski definition) is 3. The molecular formula is C9H19N3O2. The van der Waals surface area contributed by atoms with Crippen molar-refractivity contribution in [2.45, 2.75) is 19.8 Å². The normalized spacial score (nSPS) is 10.7. The van der Waals surface area contributed by atoms with Crippen molar-refractivity contribution in [1.29, 1.82) is 5.41 Å². The molecule has 0 saturated heterocycles. The average Bonchev–Trinajstić information content (AvgIpc) is 2.18. The Balaban J connectivity index is 0. The van der Waals surface area contributed by atoms with Crippen LogP contribution in [0.25, 0.3) is 0 Å². The van der Waals surface area contributed by atoms with E-state index < -0.39 is 0 Å². The first-order valence-electron chi connectivity index (χ1n) is 4.48. The van der Waals surface area contributed by atoms with Crippen molar-refractivity contribution in [3.8, 4) is 0 Å². The zero-order valence-corrected chi connectivity index (χ0v) is 8.75. The summed E-state index contributed by atoms with van der Waals surface area (Å²) in [5.41, 5.74) is 4.39. The lowest BCUT2D eigenvalue weighted by Crippen LogP contribution is -2.15. The van der Waals surface area contributed by atoms with Gasteiger partial charge in [-0.05, 0) is 26.4 Å². The van der Waals surface area contributed by atoms with Gasteiger partial charge in [-0.3, -0.25) is 15.0 Å². The molecule has 14 heavy (non-hydrogen) atoms. The second-order valence-corrected chi connectivity index (χ2v) is 2.83. The summed E-state index contributed by atoms with van der Waals surface area (Å²) in [4.78, 5) is 20.7. The van der Waals surface area contributed by atoms with Crippen LogP contribution in [0.5, 0.6) is 0 Å². The summed E-state index contributed by atoms with van der Waals surface area (Å²) < 4.78 is 0. The lowest BCUT2D eigenvalue weighted by Gasteiger charge is -2.04. The van der Waals surface area contributed by atoms with Crippen LogP contribution >= 0.6 is 0 Å². The third-order valence-corrected chi connectivity index (χ3v) is 1.67. The summed E-state index contributed by atoms with van der Waals surface area (Å²) >= 11 is 0. The summed E-state index contributed by atoms with van der Waals surface area (Å²) in [5, 5.41) is 8.84. The molecule has 0 fully saturated rings. The summed E-state index contributed by atoms with van der Waals surface area (Å²) in [6.45, 7) is 2.68. The fourth-order valence-corrected chi connectivity index (χ4v) is 0.843. The smallest absolute Gasteiger partial charge is 0.197 e. The van der Waals surface area contributed by atoms with Gasteiger partial charge in [0.15, 0.2) is 12.1 Å². The van der Waals surface area contributed by atoms with Gasteiger partial charge in [-0.25, -0.2) is 0 Å². The molecular weight excluding hydrogens is 182 g/mol. The number of hydrogen-bond acceptors (Lipinski definition) is 4. The molecule has 0 amide bonds. The highest BCUT2D eigenvalue weighted by atomic mass is 16.2. The molecule has 0 aliphatic rings. The SMILES string of the molecule is CNCCCC(C)C(=O)C=O.N=CN. The van der Waals surface area contributed by atoms with Crippen LogP contribution in [-0.2, 0) is 9.59 Å². The van der Waals surface area contributed by atoms with E-state index in [9.17, 15) is 9.59 Å². The number of ketones is 1. The minimum absolute atomic E-state index is 0.110. The predicted molar refractivity (Wildman–Crippen MR) is 56.4 cm³/mol. The molecule has 0 aromatic heterocycles. The molecule has 82 valence electrons. The van der Waals surface area contributed by atoms with Crippen molar-refractivity contribution in [3.05, 3.63) is 0 Å². The maximum atomic E-state index is 10.7. The highest BCUT2D eigenvalue weighted by Crippen LogP contribution is 2.04. The summed E-state index contributed by atoms with van der Waals surface area (Å²) in [6, 6.07) is 0. The molecule has 0 saturated carbocycles. The Morgan fingerprint density at radius 2 is 2.14 bits per heavy atom. The molecule has 0 rings (SSSR count). The Kier molecular flexibility index (Phi) is 12.8. The lowest BCUT2D eigenvalue weighted by atomic mass is 10.0. The maximum Gasteiger partial charge on any atom is 0.197 e. The van der Waals surface area contributed by atoms with Crippen molar-refractivity contribution >= 4 is 18.4 Å². The quantitative estimate of drug-likeness (QED) is 0.184. The van der Waals surface area contributed by atoms with Crippen LogP contribution in [-0.4, -0.2) is 32.0 Å². The van der Waals surface area contributed by atoms with E-state index in [4.69, 9.17) is 5.41 Å². The van der Waals surface area contributed by atoms with Crippen molar-refractivity contribution in [2.75, 3.05) is 13.6 Å². The number of carbonyl (C=O) groups is 2. The number of aldehydes is 1. The van der Waals surface area contributed by atoms with E-state index in [2.05, 4.69) is 11.1 Å². The van der Waals surface area contributed by atoms with Gasteiger partial charge in [0.2, 0.25) is 0 Å². The molecule has 5 nitrogen and oxygen atoms in total. The fourth-order valence-electron chi connectivity index (χ4n) is 0.843. The Labute approximate surface area is 84.6 Å². The highest BCUT2D eigenvalue weighted by molar-refractivity contribution is 6.25. The van der Waals surface area contributed by atoms with Gasteiger partial charge >= 0.3 is 0 Å². The van der Waals surface area contributed by atoms with Crippen LogP contribution in [0, 0.1) is 11.3 Å². The average molecular weight is 201 g/mol. The Morgan fingerprint density at radius 3 is 2.50 bits per heavy atom. The molecule has 0 aliphatic heterocycles. The molecule has 0 aromatic carbocycles. The minimum atomic E-state index is -0.291. The summed E-state index contributed by atoms with van der Waals surface area (Å²) in [6.07, 6.45) is 2.89. The van der Waals surface area contributed by atoms with E-state index in [1.165, 1.54) is 0 Å². The van der Waals surface area contributed by atoms with E-state index >= 15 is 0 Å². The fraction of sp³-hybridized carbons (Fsp3) is 0.667. The highest BCUT2D eigenvalue weighted by Gasteiger charge is 2.09. The minimum Gasteiger partial charge on any atom is -0.390 e. The number of rotatable bonds is 6. The number of carbonyl (C=O) groups excluding carboxylic acids is 2. The van der Waals surface area contributed by atoms with Crippen molar-refractivity contribution in [3.63, 3.8) is 0 Å². The van der Waals surface area contributed by atoms with Gasteiger partial charge in [0.25, 0.3) is 0 Å². The molecule has 0 heterocycles. The lowest BCUT2D eigenvalue weighted by molar-refractivity contribution is -0.132. The molecule has 0 aromatic rings. The summed E-state index contributed by atoms with van der Waals surface area (Å²) in [5.74, 6) is -0.401. The van der Waals surface area contributed by atoms with E-state index in [1.54, 1.807) is 6.92 Å². The molecule has 1 atom stereocenters. The van der Waals surface area contributed by atoms with Crippen LogP contribution in [0.3, 0.4) is 0 Å². The van der Waals surface area contributed by atoms with E-state index in [-0.39, 0.29) is 11.7 Å².